The van der Waals surface area contributed by atoms with Crippen LogP contribution in [-0.2, 0) is 9.59 Å². The van der Waals surface area contributed by atoms with Gasteiger partial charge in [-0.05, 0) is 5.56 Å². The summed E-state index contributed by atoms with van der Waals surface area (Å²) < 4.78 is 0. The number of benzene rings is 1. The molecule has 0 spiro atoms. The van der Waals surface area contributed by atoms with Crippen molar-refractivity contribution < 1.29 is 14.7 Å². The van der Waals surface area contributed by atoms with Crippen LogP contribution in [0.3, 0.4) is 0 Å². The van der Waals surface area contributed by atoms with Crippen molar-refractivity contribution in [2.75, 3.05) is 6.54 Å². The number of carboxylic acids is 1. The summed E-state index contributed by atoms with van der Waals surface area (Å²) in [5, 5.41) is 14.8. The van der Waals surface area contributed by atoms with E-state index in [0.717, 1.165) is 0 Å². The summed E-state index contributed by atoms with van der Waals surface area (Å²) in [7, 11) is 0. The molecule has 0 aliphatic heterocycles. The Bertz CT molecular complexity index is 418. The fraction of sp³-hybridized carbons (Fsp3) is 0.429. The van der Waals surface area contributed by atoms with E-state index >= 15 is 0 Å². The first kappa shape index (κ1) is 15.2. The zero-order valence-corrected chi connectivity index (χ0v) is 11.2. The van der Waals surface area contributed by atoms with Gasteiger partial charge < -0.3 is 15.7 Å². The van der Waals surface area contributed by atoms with Crippen LogP contribution in [0.15, 0.2) is 30.3 Å². The minimum atomic E-state index is -1.06. The molecule has 1 aromatic carbocycles. The molecule has 0 aliphatic carbocycles. The van der Waals surface area contributed by atoms with Crippen LogP contribution in [0.4, 0.5) is 0 Å². The predicted octanol–water partition coefficient (Wildman–Crippen LogP) is 1.32. The Morgan fingerprint density at radius 1 is 1.21 bits per heavy atom. The number of carboxylic acid groups (broad SMARTS) is 1. The van der Waals surface area contributed by atoms with Gasteiger partial charge >= 0.3 is 5.97 Å². The highest BCUT2D eigenvalue weighted by Crippen LogP contribution is 2.12. The smallest absolute Gasteiger partial charge is 0.330 e. The monoisotopic (exact) mass is 264 g/mol. The molecule has 1 atom stereocenters. The lowest BCUT2D eigenvalue weighted by molar-refractivity contribution is -0.142. The zero-order valence-electron chi connectivity index (χ0n) is 11.2. The van der Waals surface area contributed by atoms with Crippen LogP contribution >= 0.6 is 0 Å². The second kappa shape index (κ2) is 7.53. The van der Waals surface area contributed by atoms with Crippen molar-refractivity contribution in [3.05, 3.63) is 35.9 Å². The SMILES string of the molecule is CC(C)NCCC(=O)N[C@H](C(=O)O)c1ccccc1. The molecule has 0 aromatic heterocycles. The number of amides is 1. The molecule has 1 rings (SSSR count). The molecule has 0 saturated heterocycles. The minimum absolute atomic E-state index is 0.259. The summed E-state index contributed by atoms with van der Waals surface area (Å²) in [5.74, 6) is -1.33. The molecule has 0 fully saturated rings. The second-order valence-corrected chi connectivity index (χ2v) is 4.61. The van der Waals surface area contributed by atoms with E-state index in [-0.39, 0.29) is 12.3 Å². The number of hydrogen-bond acceptors (Lipinski definition) is 3. The van der Waals surface area contributed by atoms with Crippen molar-refractivity contribution in [1.82, 2.24) is 10.6 Å². The van der Waals surface area contributed by atoms with Gasteiger partial charge in [-0.3, -0.25) is 4.79 Å². The number of carbonyl (C=O) groups excluding carboxylic acids is 1. The van der Waals surface area contributed by atoms with Crippen molar-refractivity contribution >= 4 is 11.9 Å². The van der Waals surface area contributed by atoms with E-state index in [0.29, 0.717) is 18.2 Å². The van der Waals surface area contributed by atoms with E-state index in [2.05, 4.69) is 10.6 Å². The first-order chi connectivity index (χ1) is 9.00. The number of carbonyl (C=O) groups is 2. The molecule has 5 nitrogen and oxygen atoms in total. The molecule has 1 aromatic rings. The van der Waals surface area contributed by atoms with Crippen LogP contribution in [0, 0.1) is 0 Å². The Hall–Kier alpha value is -1.88. The zero-order chi connectivity index (χ0) is 14.3. The maximum Gasteiger partial charge on any atom is 0.330 e. The molecule has 0 aliphatic rings. The van der Waals surface area contributed by atoms with Crippen LogP contribution in [-0.4, -0.2) is 29.6 Å². The Balaban J connectivity index is 2.55. The summed E-state index contributed by atoms with van der Waals surface area (Å²) in [4.78, 5) is 22.9. The lowest BCUT2D eigenvalue weighted by Gasteiger charge is -2.15. The summed E-state index contributed by atoms with van der Waals surface area (Å²) >= 11 is 0. The molecule has 3 N–H and O–H groups in total. The van der Waals surface area contributed by atoms with Gasteiger partial charge in [0.25, 0.3) is 0 Å². The molecule has 0 saturated carbocycles. The molecule has 0 radical (unpaired) electrons. The van der Waals surface area contributed by atoms with Crippen LogP contribution in [0.2, 0.25) is 0 Å². The van der Waals surface area contributed by atoms with Gasteiger partial charge in [0.1, 0.15) is 0 Å². The number of nitrogens with one attached hydrogen (secondary N) is 2. The molecule has 0 heterocycles. The van der Waals surface area contributed by atoms with E-state index < -0.39 is 12.0 Å². The third kappa shape index (κ3) is 5.52. The molecule has 1 amide bonds. The Morgan fingerprint density at radius 2 is 1.84 bits per heavy atom. The topological polar surface area (TPSA) is 78.4 Å². The standard InChI is InChI=1S/C14H20N2O3/c1-10(2)15-9-8-12(17)16-13(14(18)19)11-6-4-3-5-7-11/h3-7,10,13,15H,8-9H2,1-2H3,(H,16,17)(H,18,19)/t13-/m0/s1. The number of aliphatic carboxylic acids is 1. The van der Waals surface area contributed by atoms with Crippen LogP contribution in [0.25, 0.3) is 0 Å². The van der Waals surface area contributed by atoms with Gasteiger partial charge in [0.2, 0.25) is 5.91 Å². The molecule has 104 valence electrons. The van der Waals surface area contributed by atoms with Gasteiger partial charge in [0, 0.05) is 19.0 Å². The summed E-state index contributed by atoms with van der Waals surface area (Å²) in [6.45, 7) is 4.51. The molecule has 5 heteroatoms. The van der Waals surface area contributed by atoms with Gasteiger partial charge in [0.15, 0.2) is 6.04 Å². The van der Waals surface area contributed by atoms with Gasteiger partial charge in [-0.15, -0.1) is 0 Å². The van der Waals surface area contributed by atoms with E-state index in [1.54, 1.807) is 30.3 Å². The first-order valence-electron chi connectivity index (χ1n) is 6.31. The molecule has 19 heavy (non-hydrogen) atoms. The third-order valence-corrected chi connectivity index (χ3v) is 2.59. The maximum absolute atomic E-state index is 11.7. The molecular formula is C14H20N2O3. The second-order valence-electron chi connectivity index (χ2n) is 4.61. The van der Waals surface area contributed by atoms with Crippen LogP contribution in [0.5, 0.6) is 0 Å². The van der Waals surface area contributed by atoms with Gasteiger partial charge in [-0.1, -0.05) is 44.2 Å². The van der Waals surface area contributed by atoms with Gasteiger partial charge in [0.05, 0.1) is 0 Å². The Kier molecular flexibility index (Phi) is 6.02. The van der Waals surface area contributed by atoms with E-state index in [9.17, 15) is 9.59 Å². The van der Waals surface area contributed by atoms with Crippen molar-refractivity contribution in [2.24, 2.45) is 0 Å². The highest BCUT2D eigenvalue weighted by molar-refractivity contribution is 5.84. The normalized spacial score (nSPS) is 12.2. The summed E-state index contributed by atoms with van der Waals surface area (Å²) in [6, 6.07) is 7.98. The van der Waals surface area contributed by atoms with Gasteiger partial charge in [-0.2, -0.15) is 0 Å². The fourth-order valence-electron chi connectivity index (χ4n) is 1.64. The first-order valence-corrected chi connectivity index (χ1v) is 6.31. The van der Waals surface area contributed by atoms with Crippen molar-refractivity contribution in [1.29, 1.82) is 0 Å². The summed E-state index contributed by atoms with van der Waals surface area (Å²) in [6.07, 6.45) is 0.259. The number of rotatable bonds is 7. The van der Waals surface area contributed by atoms with Crippen LogP contribution < -0.4 is 10.6 Å². The molecule has 0 bridgehead atoms. The summed E-state index contributed by atoms with van der Waals surface area (Å²) in [5.41, 5.74) is 0.570. The Morgan fingerprint density at radius 3 is 2.37 bits per heavy atom. The number of hydrogen-bond donors (Lipinski definition) is 3. The van der Waals surface area contributed by atoms with Crippen molar-refractivity contribution in [2.45, 2.75) is 32.4 Å². The van der Waals surface area contributed by atoms with E-state index in [1.165, 1.54) is 0 Å². The van der Waals surface area contributed by atoms with Crippen molar-refractivity contribution in [3.63, 3.8) is 0 Å². The highest BCUT2D eigenvalue weighted by atomic mass is 16.4. The Labute approximate surface area is 113 Å². The van der Waals surface area contributed by atoms with E-state index in [1.807, 2.05) is 13.8 Å². The largest absolute Gasteiger partial charge is 0.479 e. The average molecular weight is 264 g/mol. The quantitative estimate of drug-likeness (QED) is 0.694. The lowest BCUT2D eigenvalue weighted by atomic mass is 10.1. The van der Waals surface area contributed by atoms with E-state index in [4.69, 9.17) is 5.11 Å². The van der Waals surface area contributed by atoms with Crippen LogP contribution in [0.1, 0.15) is 31.9 Å². The third-order valence-electron chi connectivity index (χ3n) is 2.59. The van der Waals surface area contributed by atoms with Crippen molar-refractivity contribution in [3.8, 4) is 0 Å². The minimum Gasteiger partial charge on any atom is -0.479 e. The lowest BCUT2D eigenvalue weighted by Crippen LogP contribution is -2.36. The average Bonchev–Trinajstić information content (AvgIpc) is 2.36. The predicted molar refractivity (Wildman–Crippen MR) is 72.7 cm³/mol. The maximum atomic E-state index is 11.7. The molecular weight excluding hydrogens is 244 g/mol. The highest BCUT2D eigenvalue weighted by Gasteiger charge is 2.21. The van der Waals surface area contributed by atoms with Gasteiger partial charge in [-0.25, -0.2) is 4.79 Å². The fourth-order valence-corrected chi connectivity index (χ4v) is 1.64. The molecule has 0 unspecified atom stereocenters.